The zero-order valence-electron chi connectivity index (χ0n) is 13.6. The molecule has 0 radical (unpaired) electrons. The summed E-state index contributed by atoms with van der Waals surface area (Å²) in [6.45, 7) is 1.58. The minimum absolute atomic E-state index is 0.0575. The zero-order chi connectivity index (χ0) is 16.8. The van der Waals surface area contributed by atoms with Crippen LogP contribution in [0.5, 0.6) is 0 Å². The van der Waals surface area contributed by atoms with Crippen LogP contribution in [0.4, 0.5) is 10.5 Å². The highest BCUT2D eigenvalue weighted by atomic mass is 16.2. The van der Waals surface area contributed by atoms with Crippen LogP contribution in [0.1, 0.15) is 24.0 Å². The number of hydrogen-bond donors (Lipinski definition) is 1. The van der Waals surface area contributed by atoms with Gasteiger partial charge in [-0.3, -0.25) is 0 Å². The van der Waals surface area contributed by atoms with Gasteiger partial charge in [0.15, 0.2) is 0 Å². The maximum absolute atomic E-state index is 12.3. The summed E-state index contributed by atoms with van der Waals surface area (Å²) in [5.74, 6) is 0.645. The Balaban J connectivity index is 1.48. The normalized spacial score (nSPS) is 14.9. The van der Waals surface area contributed by atoms with Gasteiger partial charge in [-0.15, -0.1) is 0 Å². The summed E-state index contributed by atoms with van der Waals surface area (Å²) in [7, 11) is 0. The molecule has 1 aliphatic rings. The molecule has 1 saturated heterocycles. The Bertz CT molecular complexity index is 711. The van der Waals surface area contributed by atoms with E-state index in [-0.39, 0.29) is 6.03 Å². The number of nitriles is 1. The Morgan fingerprint density at radius 2 is 1.75 bits per heavy atom. The van der Waals surface area contributed by atoms with Crippen molar-refractivity contribution in [2.75, 3.05) is 18.4 Å². The summed E-state index contributed by atoms with van der Waals surface area (Å²) in [6, 6.07) is 19.5. The summed E-state index contributed by atoms with van der Waals surface area (Å²) in [4.78, 5) is 14.2. The Kier molecular flexibility index (Phi) is 5.12. The number of urea groups is 1. The van der Waals surface area contributed by atoms with E-state index in [1.807, 2.05) is 11.0 Å². The van der Waals surface area contributed by atoms with E-state index in [1.165, 1.54) is 5.56 Å². The van der Waals surface area contributed by atoms with Gasteiger partial charge in [0.1, 0.15) is 0 Å². The van der Waals surface area contributed by atoms with Crippen molar-refractivity contribution >= 4 is 11.7 Å². The first-order valence-corrected chi connectivity index (χ1v) is 8.34. The first-order chi connectivity index (χ1) is 11.7. The van der Waals surface area contributed by atoms with Gasteiger partial charge in [-0.05, 0) is 55.0 Å². The third kappa shape index (κ3) is 4.14. The molecular formula is C20H21N3O. The lowest BCUT2D eigenvalue weighted by Gasteiger charge is -2.32. The van der Waals surface area contributed by atoms with Crippen molar-refractivity contribution in [1.29, 1.82) is 5.26 Å². The molecule has 122 valence electrons. The number of carbonyl (C=O) groups excluding carboxylic acids is 1. The topological polar surface area (TPSA) is 56.1 Å². The molecule has 24 heavy (non-hydrogen) atoms. The van der Waals surface area contributed by atoms with Crippen LogP contribution in [0.15, 0.2) is 54.6 Å². The Morgan fingerprint density at radius 1 is 1.08 bits per heavy atom. The SMILES string of the molecule is N#Cc1ccc(NC(=O)N2CCC(Cc3ccccc3)CC2)cc1. The van der Waals surface area contributed by atoms with E-state index < -0.39 is 0 Å². The van der Waals surface area contributed by atoms with Crippen molar-refractivity contribution in [1.82, 2.24) is 4.90 Å². The molecule has 0 unspecified atom stereocenters. The molecule has 4 nitrogen and oxygen atoms in total. The molecule has 0 saturated carbocycles. The molecule has 1 fully saturated rings. The molecule has 1 aliphatic heterocycles. The molecule has 4 heteroatoms. The van der Waals surface area contributed by atoms with Crippen LogP contribution < -0.4 is 5.32 Å². The molecule has 2 aromatic carbocycles. The van der Waals surface area contributed by atoms with Gasteiger partial charge in [0.25, 0.3) is 0 Å². The van der Waals surface area contributed by atoms with Crippen LogP contribution in [0.2, 0.25) is 0 Å². The lowest BCUT2D eigenvalue weighted by molar-refractivity contribution is 0.182. The van der Waals surface area contributed by atoms with Crippen LogP contribution in [0.25, 0.3) is 0 Å². The number of amides is 2. The molecule has 0 spiro atoms. The largest absolute Gasteiger partial charge is 0.325 e. The molecule has 3 rings (SSSR count). The Morgan fingerprint density at radius 3 is 2.38 bits per heavy atom. The third-order valence-corrected chi connectivity index (χ3v) is 4.53. The number of nitrogens with one attached hydrogen (secondary N) is 1. The lowest BCUT2D eigenvalue weighted by Crippen LogP contribution is -2.41. The zero-order valence-corrected chi connectivity index (χ0v) is 13.6. The maximum Gasteiger partial charge on any atom is 0.321 e. The quantitative estimate of drug-likeness (QED) is 0.928. The lowest BCUT2D eigenvalue weighted by atomic mass is 9.90. The van der Waals surface area contributed by atoms with Crippen molar-refractivity contribution in [3.8, 4) is 6.07 Å². The molecule has 1 heterocycles. The van der Waals surface area contributed by atoms with Crippen molar-refractivity contribution in [3.05, 3.63) is 65.7 Å². The van der Waals surface area contributed by atoms with Gasteiger partial charge in [-0.1, -0.05) is 30.3 Å². The number of piperidine rings is 1. The minimum atomic E-state index is -0.0575. The van der Waals surface area contributed by atoms with E-state index in [2.05, 4.69) is 35.7 Å². The summed E-state index contributed by atoms with van der Waals surface area (Å²) in [5, 5.41) is 11.7. The van der Waals surface area contributed by atoms with E-state index in [1.54, 1.807) is 24.3 Å². The van der Waals surface area contributed by atoms with Gasteiger partial charge in [0, 0.05) is 18.8 Å². The summed E-state index contributed by atoms with van der Waals surface area (Å²) in [6.07, 6.45) is 3.16. The predicted molar refractivity (Wildman–Crippen MR) is 94.6 cm³/mol. The molecule has 0 bridgehead atoms. The highest BCUT2D eigenvalue weighted by Crippen LogP contribution is 2.22. The van der Waals surface area contributed by atoms with Gasteiger partial charge in [-0.2, -0.15) is 5.26 Å². The molecular weight excluding hydrogens is 298 g/mol. The van der Waals surface area contributed by atoms with Crippen LogP contribution in [-0.4, -0.2) is 24.0 Å². The van der Waals surface area contributed by atoms with E-state index in [0.29, 0.717) is 11.5 Å². The van der Waals surface area contributed by atoms with Gasteiger partial charge in [0.05, 0.1) is 11.6 Å². The van der Waals surface area contributed by atoms with Crippen molar-refractivity contribution in [2.24, 2.45) is 5.92 Å². The monoisotopic (exact) mass is 319 g/mol. The van der Waals surface area contributed by atoms with E-state index in [9.17, 15) is 4.79 Å². The van der Waals surface area contributed by atoms with Crippen LogP contribution in [0, 0.1) is 17.2 Å². The molecule has 2 amide bonds. The van der Waals surface area contributed by atoms with Gasteiger partial charge in [-0.25, -0.2) is 4.79 Å². The smallest absolute Gasteiger partial charge is 0.321 e. The van der Waals surface area contributed by atoms with E-state index >= 15 is 0 Å². The van der Waals surface area contributed by atoms with Crippen LogP contribution >= 0.6 is 0 Å². The number of rotatable bonds is 3. The Hall–Kier alpha value is -2.80. The van der Waals surface area contributed by atoms with E-state index in [4.69, 9.17) is 5.26 Å². The standard InChI is InChI=1S/C20H21N3O/c21-15-18-6-8-19(9-7-18)22-20(24)23-12-10-17(11-13-23)14-16-4-2-1-3-5-16/h1-9,17H,10-14H2,(H,22,24). The summed E-state index contributed by atoms with van der Waals surface area (Å²) < 4.78 is 0. The highest BCUT2D eigenvalue weighted by molar-refractivity contribution is 5.89. The van der Waals surface area contributed by atoms with Crippen molar-refractivity contribution in [2.45, 2.75) is 19.3 Å². The highest BCUT2D eigenvalue weighted by Gasteiger charge is 2.22. The van der Waals surface area contributed by atoms with Gasteiger partial charge >= 0.3 is 6.03 Å². The number of benzene rings is 2. The fourth-order valence-corrected chi connectivity index (χ4v) is 3.12. The van der Waals surface area contributed by atoms with Gasteiger partial charge in [0.2, 0.25) is 0 Å². The first-order valence-electron chi connectivity index (χ1n) is 8.34. The second-order valence-corrected chi connectivity index (χ2v) is 6.24. The number of anilines is 1. The molecule has 0 aliphatic carbocycles. The average molecular weight is 319 g/mol. The number of hydrogen-bond acceptors (Lipinski definition) is 2. The maximum atomic E-state index is 12.3. The fourth-order valence-electron chi connectivity index (χ4n) is 3.12. The Labute approximate surface area is 142 Å². The number of carbonyl (C=O) groups is 1. The summed E-state index contributed by atoms with van der Waals surface area (Å²) in [5.41, 5.74) is 2.69. The first kappa shape index (κ1) is 16.1. The fraction of sp³-hybridized carbons (Fsp3) is 0.300. The molecule has 1 N–H and O–H groups in total. The molecule has 0 aromatic heterocycles. The van der Waals surface area contributed by atoms with Crippen molar-refractivity contribution < 1.29 is 4.79 Å². The second kappa shape index (κ2) is 7.65. The average Bonchev–Trinajstić information content (AvgIpc) is 2.64. The molecule has 2 aromatic rings. The van der Waals surface area contributed by atoms with Crippen LogP contribution in [0.3, 0.4) is 0 Å². The van der Waals surface area contributed by atoms with Crippen molar-refractivity contribution in [3.63, 3.8) is 0 Å². The van der Waals surface area contributed by atoms with E-state index in [0.717, 1.165) is 38.0 Å². The van der Waals surface area contributed by atoms with Gasteiger partial charge < -0.3 is 10.2 Å². The summed E-state index contributed by atoms with van der Waals surface area (Å²) >= 11 is 0. The minimum Gasteiger partial charge on any atom is -0.325 e. The third-order valence-electron chi connectivity index (χ3n) is 4.53. The number of nitrogens with zero attached hydrogens (tertiary/aromatic N) is 2. The molecule has 0 atom stereocenters. The van der Waals surface area contributed by atoms with Crippen LogP contribution in [-0.2, 0) is 6.42 Å². The predicted octanol–water partition coefficient (Wildman–Crippen LogP) is 4.04. The number of likely N-dealkylation sites (tertiary alicyclic amines) is 1. The second-order valence-electron chi connectivity index (χ2n) is 6.24.